The van der Waals surface area contributed by atoms with Gasteiger partial charge in [-0.3, -0.25) is 0 Å². The second kappa shape index (κ2) is 5.18. The van der Waals surface area contributed by atoms with E-state index in [0.717, 1.165) is 6.42 Å². The summed E-state index contributed by atoms with van der Waals surface area (Å²) in [5, 5.41) is 25.7. The van der Waals surface area contributed by atoms with Gasteiger partial charge >= 0.3 is 11.9 Å². The number of aliphatic hydroxyl groups is 1. The van der Waals surface area contributed by atoms with Gasteiger partial charge in [-0.05, 0) is 12.8 Å². The summed E-state index contributed by atoms with van der Waals surface area (Å²) in [6, 6.07) is 0. The molecule has 74 valence electrons. The third-order valence-corrected chi connectivity index (χ3v) is 1.53. The number of rotatable bonds is 5. The van der Waals surface area contributed by atoms with E-state index in [1.807, 2.05) is 6.92 Å². The monoisotopic (exact) mass is 188 g/mol. The van der Waals surface area contributed by atoms with E-state index in [4.69, 9.17) is 15.3 Å². The minimum Gasteiger partial charge on any atom is -0.501 e. The zero-order chi connectivity index (χ0) is 10.4. The molecule has 0 aliphatic rings. The van der Waals surface area contributed by atoms with Crippen LogP contribution in [0.25, 0.3) is 0 Å². The molecule has 0 saturated heterocycles. The van der Waals surface area contributed by atoms with Crippen LogP contribution in [-0.4, -0.2) is 27.3 Å². The lowest BCUT2D eigenvalue weighted by atomic mass is 10.1. The zero-order valence-corrected chi connectivity index (χ0v) is 7.28. The minimum atomic E-state index is -1.60. The number of hydrogen-bond donors (Lipinski definition) is 3. The van der Waals surface area contributed by atoms with E-state index in [9.17, 15) is 9.59 Å². The van der Waals surface area contributed by atoms with Crippen molar-refractivity contribution < 1.29 is 24.9 Å². The van der Waals surface area contributed by atoms with E-state index in [2.05, 4.69) is 0 Å². The molecule has 0 heterocycles. The van der Waals surface area contributed by atoms with Crippen LogP contribution in [0.15, 0.2) is 11.3 Å². The summed E-state index contributed by atoms with van der Waals surface area (Å²) >= 11 is 0. The Kier molecular flexibility index (Phi) is 4.58. The molecule has 0 fully saturated rings. The van der Waals surface area contributed by atoms with Crippen LogP contribution in [-0.2, 0) is 9.59 Å². The van der Waals surface area contributed by atoms with Crippen LogP contribution in [0, 0.1) is 0 Å². The fourth-order valence-electron chi connectivity index (χ4n) is 0.809. The smallest absolute Gasteiger partial charge is 0.371 e. The maximum absolute atomic E-state index is 10.5. The molecule has 0 aliphatic carbocycles. The number of aliphatic carboxylic acids is 2. The van der Waals surface area contributed by atoms with E-state index in [1.54, 1.807) is 0 Å². The largest absolute Gasteiger partial charge is 0.501 e. The highest BCUT2D eigenvalue weighted by molar-refractivity contribution is 5.96. The molecular formula is C8H12O5. The Morgan fingerprint density at radius 3 is 1.92 bits per heavy atom. The van der Waals surface area contributed by atoms with Crippen LogP contribution >= 0.6 is 0 Å². The summed E-state index contributed by atoms with van der Waals surface area (Å²) in [5.74, 6) is -4.05. The molecule has 5 nitrogen and oxygen atoms in total. The number of carboxylic acid groups (broad SMARTS) is 2. The third-order valence-electron chi connectivity index (χ3n) is 1.53. The quantitative estimate of drug-likeness (QED) is 0.444. The van der Waals surface area contributed by atoms with Crippen molar-refractivity contribution in [2.45, 2.75) is 26.2 Å². The van der Waals surface area contributed by atoms with Crippen molar-refractivity contribution in [3.05, 3.63) is 11.3 Å². The van der Waals surface area contributed by atoms with Gasteiger partial charge in [0.15, 0.2) is 0 Å². The van der Waals surface area contributed by atoms with Crippen molar-refractivity contribution in [1.82, 2.24) is 0 Å². The molecule has 0 aromatic carbocycles. The number of carboxylic acids is 2. The standard InChI is InChI=1S/C8H12O5/c1-2-3-4-5(7(10)11)6(9)8(12)13/h9H,2-4H2,1H3,(H,10,11)(H,12,13). The van der Waals surface area contributed by atoms with Gasteiger partial charge in [0, 0.05) is 0 Å². The maximum Gasteiger partial charge on any atom is 0.371 e. The van der Waals surface area contributed by atoms with Crippen LogP contribution < -0.4 is 0 Å². The highest BCUT2D eigenvalue weighted by Crippen LogP contribution is 2.11. The summed E-state index contributed by atoms with van der Waals surface area (Å²) in [6.45, 7) is 1.84. The molecule has 3 N–H and O–H groups in total. The van der Waals surface area contributed by atoms with Crippen molar-refractivity contribution in [3.8, 4) is 0 Å². The lowest BCUT2D eigenvalue weighted by Gasteiger charge is -2.01. The Balaban J connectivity index is 4.67. The van der Waals surface area contributed by atoms with Crippen molar-refractivity contribution in [3.63, 3.8) is 0 Å². The summed E-state index contributed by atoms with van der Waals surface area (Å²) in [7, 11) is 0. The van der Waals surface area contributed by atoms with Gasteiger partial charge in [-0.2, -0.15) is 0 Å². The highest BCUT2D eigenvalue weighted by Gasteiger charge is 2.18. The number of aliphatic hydroxyl groups excluding tert-OH is 1. The molecule has 0 unspecified atom stereocenters. The van der Waals surface area contributed by atoms with Gasteiger partial charge in [0.05, 0.1) is 5.57 Å². The first kappa shape index (κ1) is 11.5. The Labute approximate surface area is 75.3 Å². The van der Waals surface area contributed by atoms with Gasteiger partial charge in [0.25, 0.3) is 0 Å². The maximum atomic E-state index is 10.5. The normalized spacial score (nSPS) is 12.1. The van der Waals surface area contributed by atoms with Gasteiger partial charge < -0.3 is 15.3 Å². The van der Waals surface area contributed by atoms with Crippen LogP contribution in [0.5, 0.6) is 0 Å². The first-order chi connectivity index (χ1) is 6.00. The molecule has 0 amide bonds. The van der Waals surface area contributed by atoms with Crippen molar-refractivity contribution in [2.24, 2.45) is 0 Å². The highest BCUT2D eigenvalue weighted by atomic mass is 16.4. The van der Waals surface area contributed by atoms with Crippen LogP contribution in [0.1, 0.15) is 26.2 Å². The van der Waals surface area contributed by atoms with Gasteiger partial charge in [0.2, 0.25) is 5.76 Å². The van der Waals surface area contributed by atoms with E-state index in [0.29, 0.717) is 6.42 Å². The SMILES string of the molecule is CCCCC(C(=O)O)=C(O)C(=O)O. The van der Waals surface area contributed by atoms with E-state index < -0.39 is 23.3 Å². The van der Waals surface area contributed by atoms with Crippen LogP contribution in [0.4, 0.5) is 0 Å². The molecule has 0 aromatic rings. The average molecular weight is 188 g/mol. The molecule has 13 heavy (non-hydrogen) atoms. The predicted octanol–water partition coefficient (Wildman–Crippen LogP) is 1.16. The van der Waals surface area contributed by atoms with Crippen molar-refractivity contribution in [2.75, 3.05) is 0 Å². The Bertz CT molecular complexity index is 241. The van der Waals surface area contributed by atoms with Crippen molar-refractivity contribution in [1.29, 1.82) is 0 Å². The Hall–Kier alpha value is -1.52. The first-order valence-electron chi connectivity index (χ1n) is 3.89. The molecule has 0 saturated carbocycles. The molecule has 0 spiro atoms. The van der Waals surface area contributed by atoms with Gasteiger partial charge in [-0.25, -0.2) is 9.59 Å². The second-order valence-corrected chi connectivity index (χ2v) is 2.54. The molecule has 0 aliphatic heterocycles. The number of carbonyl (C=O) groups is 2. The first-order valence-corrected chi connectivity index (χ1v) is 3.89. The van der Waals surface area contributed by atoms with Gasteiger partial charge in [-0.15, -0.1) is 0 Å². The van der Waals surface area contributed by atoms with E-state index >= 15 is 0 Å². The summed E-state index contributed by atoms with van der Waals surface area (Å²) in [6.07, 6.45) is 1.35. The minimum absolute atomic E-state index is 0.0734. The van der Waals surface area contributed by atoms with Crippen molar-refractivity contribution >= 4 is 11.9 Å². The summed E-state index contributed by atoms with van der Waals surface area (Å²) < 4.78 is 0. The fourth-order valence-corrected chi connectivity index (χ4v) is 0.809. The second-order valence-electron chi connectivity index (χ2n) is 2.54. The number of hydrogen-bond acceptors (Lipinski definition) is 3. The molecule has 0 aromatic heterocycles. The molecular weight excluding hydrogens is 176 g/mol. The average Bonchev–Trinajstić information content (AvgIpc) is 2.04. The van der Waals surface area contributed by atoms with Gasteiger partial charge in [-0.1, -0.05) is 13.3 Å². The Morgan fingerprint density at radius 2 is 1.62 bits per heavy atom. The topological polar surface area (TPSA) is 94.8 Å². The van der Waals surface area contributed by atoms with Crippen LogP contribution in [0.3, 0.4) is 0 Å². The molecule has 0 atom stereocenters. The molecule has 5 heteroatoms. The lowest BCUT2D eigenvalue weighted by molar-refractivity contribution is -0.138. The van der Waals surface area contributed by atoms with Crippen LogP contribution in [0.2, 0.25) is 0 Å². The van der Waals surface area contributed by atoms with Gasteiger partial charge in [0.1, 0.15) is 0 Å². The summed E-state index contributed by atoms with van der Waals surface area (Å²) in [5.41, 5.74) is -0.436. The molecule has 0 rings (SSSR count). The zero-order valence-electron chi connectivity index (χ0n) is 7.28. The van der Waals surface area contributed by atoms with E-state index in [-0.39, 0.29) is 6.42 Å². The number of unbranched alkanes of at least 4 members (excludes halogenated alkanes) is 1. The summed E-state index contributed by atoms with van der Waals surface area (Å²) in [4.78, 5) is 20.7. The fraction of sp³-hybridized carbons (Fsp3) is 0.500. The lowest BCUT2D eigenvalue weighted by Crippen LogP contribution is -2.11. The predicted molar refractivity (Wildman–Crippen MR) is 44.5 cm³/mol. The third kappa shape index (κ3) is 3.59. The Morgan fingerprint density at radius 1 is 1.08 bits per heavy atom. The molecule has 0 bridgehead atoms. The molecule has 0 radical (unpaired) electrons. The van der Waals surface area contributed by atoms with E-state index in [1.165, 1.54) is 0 Å².